The third-order valence-electron chi connectivity index (χ3n) is 9.60. The van der Waals surface area contributed by atoms with E-state index in [9.17, 15) is 9.18 Å². The molecule has 1 atom stereocenters. The number of ether oxygens (including phenoxy) is 1. The molecule has 0 spiro atoms. The summed E-state index contributed by atoms with van der Waals surface area (Å²) in [5, 5.41) is 1.25. The van der Waals surface area contributed by atoms with Gasteiger partial charge in [0.15, 0.2) is 5.82 Å². The predicted molar refractivity (Wildman–Crippen MR) is 177 cm³/mol. The van der Waals surface area contributed by atoms with Gasteiger partial charge in [0.05, 0.1) is 17.0 Å². The maximum atomic E-state index is 16.7. The Labute approximate surface area is 276 Å². The van der Waals surface area contributed by atoms with Gasteiger partial charge in [-0.15, -0.1) is 0 Å². The molecule has 3 aliphatic rings. The minimum atomic E-state index is -0.708. The van der Waals surface area contributed by atoms with Crippen molar-refractivity contribution in [2.24, 2.45) is 5.41 Å². The van der Waals surface area contributed by atoms with Gasteiger partial charge in [-0.2, -0.15) is 9.97 Å². The second-order valence-electron chi connectivity index (χ2n) is 12.7. The molecule has 7 rings (SSSR count). The highest BCUT2D eigenvalue weighted by Gasteiger charge is 2.45. The van der Waals surface area contributed by atoms with Crippen molar-refractivity contribution in [3.05, 3.63) is 77.3 Å². The number of rotatable bonds is 9. The average Bonchev–Trinajstić information content (AvgIpc) is 3.66. The van der Waals surface area contributed by atoms with Crippen LogP contribution in [0.1, 0.15) is 25.7 Å². The maximum Gasteiger partial charge on any atom is 0.319 e. The van der Waals surface area contributed by atoms with Crippen LogP contribution in [0.4, 0.5) is 14.6 Å². The SMILES string of the molecule is [C-]#[N+]C[C@H]1CN(c2nc(OCC3(CN4CCCC4)CC3)nc3c(F)c(-c4cccc5ccc(F)c(Cl)c45)ncc23)CCN1C(=O)C=C. The minimum Gasteiger partial charge on any atom is -0.463 e. The number of fused-ring (bicyclic) bond motifs is 2. The van der Waals surface area contributed by atoms with Crippen molar-refractivity contribution in [3.63, 3.8) is 0 Å². The van der Waals surface area contributed by atoms with Crippen LogP contribution in [0.25, 0.3) is 37.8 Å². The number of halogens is 3. The summed E-state index contributed by atoms with van der Waals surface area (Å²) in [7, 11) is 0. The summed E-state index contributed by atoms with van der Waals surface area (Å²) in [4.78, 5) is 36.1. The summed E-state index contributed by atoms with van der Waals surface area (Å²) in [6.45, 7) is 15.7. The summed E-state index contributed by atoms with van der Waals surface area (Å²) in [5.74, 6) is -1.15. The first-order valence-electron chi connectivity index (χ1n) is 15.9. The molecule has 1 saturated carbocycles. The van der Waals surface area contributed by atoms with E-state index in [2.05, 4.69) is 26.3 Å². The lowest BCUT2D eigenvalue weighted by molar-refractivity contribution is -0.128. The molecule has 2 aromatic carbocycles. The predicted octanol–water partition coefficient (Wildman–Crippen LogP) is 6.15. The first-order chi connectivity index (χ1) is 22.8. The lowest BCUT2D eigenvalue weighted by atomic mass is 10.0. The quantitative estimate of drug-likeness (QED) is 0.158. The van der Waals surface area contributed by atoms with Crippen LogP contribution in [-0.4, -0.2) is 89.1 Å². The molecule has 0 unspecified atom stereocenters. The third-order valence-corrected chi connectivity index (χ3v) is 9.97. The highest BCUT2D eigenvalue weighted by molar-refractivity contribution is 6.36. The highest BCUT2D eigenvalue weighted by Crippen LogP contribution is 2.47. The molecule has 0 radical (unpaired) electrons. The van der Waals surface area contributed by atoms with Gasteiger partial charge >= 0.3 is 6.01 Å². The first-order valence-corrected chi connectivity index (χ1v) is 16.3. The van der Waals surface area contributed by atoms with Crippen molar-refractivity contribution >= 4 is 45.0 Å². The zero-order chi connectivity index (χ0) is 32.7. The van der Waals surface area contributed by atoms with E-state index in [0.717, 1.165) is 32.5 Å². The molecule has 1 aliphatic carbocycles. The molecule has 1 amide bonds. The number of amides is 1. The summed E-state index contributed by atoms with van der Waals surface area (Å²) >= 11 is 6.40. The number of piperazine rings is 1. The van der Waals surface area contributed by atoms with E-state index in [1.807, 2.05) is 4.90 Å². The Kier molecular flexibility index (Phi) is 8.41. The van der Waals surface area contributed by atoms with E-state index in [0.29, 0.717) is 53.8 Å². The van der Waals surface area contributed by atoms with Gasteiger partial charge in [0.25, 0.3) is 0 Å². The van der Waals surface area contributed by atoms with Crippen LogP contribution in [-0.2, 0) is 4.79 Å². The summed E-state index contributed by atoms with van der Waals surface area (Å²) in [6, 6.07) is 7.69. The van der Waals surface area contributed by atoms with E-state index in [-0.39, 0.29) is 40.1 Å². The molecular weight excluding hydrogens is 624 g/mol. The standard InChI is InChI=1S/C35H34ClF2N7O2/c1-3-27(46)45-16-15-44(19-23(45)17-39-2)33-25-18-40-31(24-8-6-7-22-9-10-26(37)29(36)28(22)24)30(38)32(25)41-34(42-33)47-21-35(11-12-35)20-43-13-4-5-14-43/h3,6-10,18,23H,1,4-5,11-17,19-21H2/t23-/m0/s1. The van der Waals surface area contributed by atoms with Crippen LogP contribution in [0, 0.1) is 23.6 Å². The number of anilines is 1. The Morgan fingerprint density at radius 2 is 1.96 bits per heavy atom. The second kappa shape index (κ2) is 12.7. The Hall–Kier alpha value is -4.40. The topological polar surface area (TPSA) is 79.1 Å². The molecular formula is C35H34ClF2N7O2. The number of carbonyl (C=O) groups is 1. The Bertz CT molecular complexity index is 1920. The van der Waals surface area contributed by atoms with E-state index in [1.54, 1.807) is 29.2 Å². The Morgan fingerprint density at radius 1 is 1.15 bits per heavy atom. The molecule has 2 aliphatic heterocycles. The normalized spacial score (nSPS) is 19.2. The lowest BCUT2D eigenvalue weighted by Crippen LogP contribution is -2.56. The van der Waals surface area contributed by atoms with Gasteiger partial charge in [-0.1, -0.05) is 42.4 Å². The fraction of sp³-hybridized carbons (Fsp3) is 0.400. The summed E-state index contributed by atoms with van der Waals surface area (Å²) < 4.78 is 37.6. The van der Waals surface area contributed by atoms with Gasteiger partial charge in [-0.3, -0.25) is 9.78 Å². The Balaban J connectivity index is 1.31. The molecule has 2 aromatic heterocycles. The molecule has 4 heterocycles. The summed E-state index contributed by atoms with van der Waals surface area (Å²) in [5.41, 5.74) is 0.345. The minimum absolute atomic E-state index is 0.00949. The molecule has 0 N–H and O–H groups in total. The number of likely N-dealkylation sites (tertiary alicyclic amines) is 1. The maximum absolute atomic E-state index is 16.7. The van der Waals surface area contributed by atoms with Crippen LogP contribution in [0.15, 0.2) is 49.2 Å². The van der Waals surface area contributed by atoms with Gasteiger partial charge in [0.2, 0.25) is 12.5 Å². The van der Waals surface area contributed by atoms with Crippen molar-refractivity contribution in [3.8, 4) is 17.3 Å². The molecule has 3 fully saturated rings. The zero-order valence-electron chi connectivity index (χ0n) is 25.9. The number of aromatic nitrogens is 3. The van der Waals surface area contributed by atoms with Crippen molar-refractivity contribution in [1.82, 2.24) is 24.8 Å². The first kappa shape index (κ1) is 31.2. The molecule has 9 nitrogen and oxygen atoms in total. The van der Waals surface area contributed by atoms with Crippen LogP contribution in [0.3, 0.4) is 0 Å². The molecule has 2 saturated heterocycles. The van der Waals surface area contributed by atoms with E-state index < -0.39 is 17.7 Å². The molecule has 12 heteroatoms. The van der Waals surface area contributed by atoms with Gasteiger partial charge in [0, 0.05) is 48.7 Å². The van der Waals surface area contributed by atoms with Crippen molar-refractivity contribution in [2.75, 3.05) is 57.3 Å². The van der Waals surface area contributed by atoms with Crippen molar-refractivity contribution in [2.45, 2.75) is 31.7 Å². The highest BCUT2D eigenvalue weighted by atomic mass is 35.5. The van der Waals surface area contributed by atoms with Gasteiger partial charge in [-0.05, 0) is 56.3 Å². The van der Waals surface area contributed by atoms with Crippen LogP contribution in [0.2, 0.25) is 5.02 Å². The molecule has 242 valence electrons. The Morgan fingerprint density at radius 3 is 2.70 bits per heavy atom. The van der Waals surface area contributed by atoms with Gasteiger partial charge in [-0.25, -0.2) is 15.4 Å². The number of hydrogen-bond donors (Lipinski definition) is 0. The third kappa shape index (κ3) is 5.96. The van der Waals surface area contributed by atoms with Crippen LogP contribution >= 0.6 is 11.6 Å². The number of benzene rings is 2. The fourth-order valence-corrected chi connectivity index (χ4v) is 7.17. The van der Waals surface area contributed by atoms with E-state index >= 15 is 4.39 Å². The lowest BCUT2D eigenvalue weighted by Gasteiger charge is -2.39. The van der Waals surface area contributed by atoms with Gasteiger partial charge < -0.3 is 24.3 Å². The van der Waals surface area contributed by atoms with E-state index in [1.165, 1.54) is 31.2 Å². The monoisotopic (exact) mass is 657 g/mol. The zero-order valence-corrected chi connectivity index (χ0v) is 26.6. The van der Waals surface area contributed by atoms with Crippen molar-refractivity contribution in [1.29, 1.82) is 0 Å². The van der Waals surface area contributed by atoms with Gasteiger partial charge in [0.1, 0.15) is 28.9 Å². The fourth-order valence-electron chi connectivity index (χ4n) is 6.90. The number of nitrogens with zero attached hydrogens (tertiary/aromatic N) is 7. The average molecular weight is 658 g/mol. The second-order valence-corrected chi connectivity index (χ2v) is 13.1. The number of pyridine rings is 1. The van der Waals surface area contributed by atoms with Crippen LogP contribution in [0.5, 0.6) is 6.01 Å². The number of hydrogen-bond acceptors (Lipinski definition) is 7. The molecule has 4 aromatic rings. The summed E-state index contributed by atoms with van der Waals surface area (Å²) in [6.07, 6.45) is 7.27. The van der Waals surface area contributed by atoms with Crippen LogP contribution < -0.4 is 9.64 Å². The number of carbonyl (C=O) groups excluding carboxylic acids is 1. The molecule has 47 heavy (non-hydrogen) atoms. The van der Waals surface area contributed by atoms with Crippen molar-refractivity contribution < 1.29 is 18.3 Å². The van der Waals surface area contributed by atoms with E-state index in [4.69, 9.17) is 27.9 Å². The smallest absolute Gasteiger partial charge is 0.319 e. The largest absolute Gasteiger partial charge is 0.463 e. The molecule has 0 bridgehead atoms.